The molecule has 0 aromatic heterocycles. The van der Waals surface area contributed by atoms with Crippen LogP contribution in [0.5, 0.6) is 5.75 Å². The van der Waals surface area contributed by atoms with Gasteiger partial charge in [0.1, 0.15) is 0 Å². The maximum absolute atomic E-state index is 10.8. The van der Waals surface area contributed by atoms with Crippen LogP contribution in [-0.4, -0.2) is 37.1 Å². The summed E-state index contributed by atoms with van der Waals surface area (Å²) in [6, 6.07) is 5.04. The van der Waals surface area contributed by atoms with Gasteiger partial charge in [-0.1, -0.05) is 6.08 Å². The molecule has 0 unspecified atom stereocenters. The average Bonchev–Trinajstić information content (AvgIpc) is 2.38. The molecule has 5 nitrogen and oxygen atoms in total. The molecule has 2 rings (SSSR count). The van der Waals surface area contributed by atoms with E-state index in [1.165, 1.54) is 18.7 Å². The van der Waals surface area contributed by atoms with Crippen LogP contribution >= 0.6 is 0 Å². The van der Waals surface area contributed by atoms with E-state index in [1.54, 1.807) is 12.1 Å². The van der Waals surface area contributed by atoms with Crippen molar-refractivity contribution >= 4 is 11.3 Å². The molecule has 0 atom stereocenters. The molecule has 0 N–H and O–H groups in total. The largest absolute Gasteiger partial charge is 0.490 e. The Bertz CT molecular complexity index is 497. The molecule has 96 valence electrons. The SMILES string of the molecule is COc1cc(C2=CCN(C)CC2)ccc1[N+](=O)[O-]. The lowest BCUT2D eigenvalue weighted by molar-refractivity contribution is -0.385. The lowest BCUT2D eigenvalue weighted by Crippen LogP contribution is -2.23. The van der Waals surface area contributed by atoms with Gasteiger partial charge in [-0.05, 0) is 36.7 Å². The van der Waals surface area contributed by atoms with Crippen LogP contribution in [0.2, 0.25) is 0 Å². The molecule has 0 bridgehead atoms. The summed E-state index contributed by atoms with van der Waals surface area (Å²) in [5.41, 5.74) is 2.24. The van der Waals surface area contributed by atoms with Gasteiger partial charge in [-0.15, -0.1) is 0 Å². The first kappa shape index (κ1) is 12.6. The van der Waals surface area contributed by atoms with Gasteiger partial charge in [0.05, 0.1) is 12.0 Å². The molecule has 1 aliphatic heterocycles. The Hall–Kier alpha value is -1.88. The van der Waals surface area contributed by atoms with Gasteiger partial charge >= 0.3 is 5.69 Å². The number of nitro groups is 1. The Labute approximate surface area is 106 Å². The minimum Gasteiger partial charge on any atom is -0.490 e. The van der Waals surface area contributed by atoms with Gasteiger partial charge in [0.2, 0.25) is 0 Å². The van der Waals surface area contributed by atoms with Crippen molar-refractivity contribution in [3.05, 3.63) is 40.0 Å². The van der Waals surface area contributed by atoms with E-state index in [0.717, 1.165) is 25.1 Å². The average molecular weight is 248 g/mol. The second-order valence-corrected chi connectivity index (χ2v) is 4.39. The number of likely N-dealkylation sites (N-methyl/N-ethyl adjacent to an activating group) is 1. The Morgan fingerprint density at radius 2 is 2.22 bits per heavy atom. The standard InChI is InChI=1S/C13H16N2O3/c1-14-7-5-10(6-8-14)11-3-4-12(15(16)17)13(9-11)18-2/h3-5,9H,6-8H2,1-2H3. The van der Waals surface area contributed by atoms with Gasteiger partial charge in [-0.2, -0.15) is 0 Å². The number of nitrogens with zero attached hydrogens (tertiary/aromatic N) is 2. The van der Waals surface area contributed by atoms with Crippen molar-refractivity contribution in [3.8, 4) is 5.75 Å². The van der Waals surface area contributed by atoms with Crippen LogP contribution in [0.3, 0.4) is 0 Å². The quantitative estimate of drug-likeness (QED) is 0.608. The normalized spacial score (nSPS) is 16.2. The lowest BCUT2D eigenvalue weighted by Gasteiger charge is -2.22. The summed E-state index contributed by atoms with van der Waals surface area (Å²) in [5.74, 6) is 0.317. The molecule has 18 heavy (non-hydrogen) atoms. The number of rotatable bonds is 3. The van der Waals surface area contributed by atoms with E-state index in [1.807, 2.05) is 0 Å². The molecule has 0 fully saturated rings. The summed E-state index contributed by atoms with van der Waals surface area (Å²) in [6.45, 7) is 1.92. The maximum atomic E-state index is 10.8. The molecule has 0 saturated heterocycles. The summed E-state index contributed by atoms with van der Waals surface area (Å²) in [4.78, 5) is 12.6. The highest BCUT2D eigenvalue weighted by atomic mass is 16.6. The van der Waals surface area contributed by atoms with Crippen molar-refractivity contribution in [2.75, 3.05) is 27.2 Å². The van der Waals surface area contributed by atoms with E-state index in [9.17, 15) is 10.1 Å². The minimum absolute atomic E-state index is 0.00905. The van der Waals surface area contributed by atoms with Gasteiger partial charge in [0.15, 0.2) is 5.75 Å². The molecule has 1 heterocycles. The molecule has 1 aromatic rings. The summed E-state index contributed by atoms with van der Waals surface area (Å²) < 4.78 is 5.08. The maximum Gasteiger partial charge on any atom is 0.310 e. The molecule has 0 radical (unpaired) electrons. The van der Waals surface area contributed by atoms with E-state index in [0.29, 0.717) is 5.75 Å². The Morgan fingerprint density at radius 3 is 2.78 bits per heavy atom. The third-order valence-electron chi connectivity index (χ3n) is 3.16. The van der Waals surface area contributed by atoms with E-state index in [4.69, 9.17) is 4.74 Å². The van der Waals surface area contributed by atoms with Crippen molar-refractivity contribution < 1.29 is 9.66 Å². The third kappa shape index (κ3) is 2.51. The first-order valence-electron chi connectivity index (χ1n) is 5.82. The van der Waals surface area contributed by atoms with Crippen molar-refractivity contribution in [1.82, 2.24) is 4.90 Å². The summed E-state index contributed by atoms with van der Waals surface area (Å²) in [6.07, 6.45) is 3.11. The number of benzene rings is 1. The number of hydrogen-bond donors (Lipinski definition) is 0. The fourth-order valence-electron chi connectivity index (χ4n) is 2.06. The van der Waals surface area contributed by atoms with Gasteiger partial charge in [0.25, 0.3) is 0 Å². The van der Waals surface area contributed by atoms with E-state index in [2.05, 4.69) is 18.0 Å². The van der Waals surface area contributed by atoms with Crippen LogP contribution in [0.25, 0.3) is 5.57 Å². The number of methoxy groups -OCH3 is 1. The van der Waals surface area contributed by atoms with Gasteiger partial charge < -0.3 is 9.64 Å². The number of hydrogen-bond acceptors (Lipinski definition) is 4. The zero-order valence-corrected chi connectivity index (χ0v) is 10.5. The Morgan fingerprint density at radius 1 is 1.44 bits per heavy atom. The molecule has 1 aromatic carbocycles. The first-order chi connectivity index (χ1) is 8.61. The lowest BCUT2D eigenvalue weighted by atomic mass is 9.99. The fourth-order valence-corrected chi connectivity index (χ4v) is 2.06. The Kier molecular flexibility index (Phi) is 3.62. The first-order valence-corrected chi connectivity index (χ1v) is 5.82. The second-order valence-electron chi connectivity index (χ2n) is 4.39. The highest BCUT2D eigenvalue weighted by Crippen LogP contribution is 2.31. The van der Waals surface area contributed by atoms with E-state index < -0.39 is 4.92 Å². The van der Waals surface area contributed by atoms with Crippen LogP contribution in [0.4, 0.5) is 5.69 Å². The molecular weight excluding hydrogens is 232 g/mol. The van der Waals surface area contributed by atoms with E-state index in [-0.39, 0.29) is 5.69 Å². The molecule has 5 heteroatoms. The molecule has 0 aliphatic carbocycles. The summed E-state index contributed by atoms with van der Waals surface area (Å²) >= 11 is 0. The second kappa shape index (κ2) is 5.18. The highest BCUT2D eigenvalue weighted by Gasteiger charge is 2.17. The third-order valence-corrected chi connectivity index (χ3v) is 3.16. The molecule has 1 aliphatic rings. The summed E-state index contributed by atoms with van der Waals surface area (Å²) in [7, 11) is 3.53. The van der Waals surface area contributed by atoms with Crippen molar-refractivity contribution in [3.63, 3.8) is 0 Å². The van der Waals surface area contributed by atoms with Crippen LogP contribution < -0.4 is 4.74 Å². The van der Waals surface area contributed by atoms with Gasteiger partial charge in [-0.3, -0.25) is 10.1 Å². The van der Waals surface area contributed by atoms with Crippen molar-refractivity contribution in [2.24, 2.45) is 0 Å². The predicted octanol–water partition coefficient (Wildman–Crippen LogP) is 2.32. The minimum atomic E-state index is -0.425. The van der Waals surface area contributed by atoms with Gasteiger partial charge in [0, 0.05) is 19.2 Å². The smallest absolute Gasteiger partial charge is 0.310 e. The van der Waals surface area contributed by atoms with Crippen molar-refractivity contribution in [2.45, 2.75) is 6.42 Å². The van der Waals surface area contributed by atoms with Crippen LogP contribution in [0.1, 0.15) is 12.0 Å². The zero-order chi connectivity index (χ0) is 13.1. The van der Waals surface area contributed by atoms with Crippen LogP contribution in [0, 0.1) is 10.1 Å². The number of nitro benzene ring substituents is 1. The summed E-state index contributed by atoms with van der Waals surface area (Å²) in [5, 5.41) is 10.8. The monoisotopic (exact) mass is 248 g/mol. The molecule has 0 spiro atoms. The molecular formula is C13H16N2O3. The predicted molar refractivity (Wildman–Crippen MR) is 69.7 cm³/mol. The zero-order valence-electron chi connectivity index (χ0n) is 10.5. The van der Waals surface area contributed by atoms with Crippen LogP contribution in [-0.2, 0) is 0 Å². The van der Waals surface area contributed by atoms with E-state index >= 15 is 0 Å². The fraction of sp³-hybridized carbons (Fsp3) is 0.385. The topological polar surface area (TPSA) is 55.6 Å². The molecule has 0 amide bonds. The highest BCUT2D eigenvalue weighted by molar-refractivity contribution is 5.69. The number of ether oxygens (including phenoxy) is 1. The van der Waals surface area contributed by atoms with Crippen LogP contribution in [0.15, 0.2) is 24.3 Å². The van der Waals surface area contributed by atoms with Crippen molar-refractivity contribution in [1.29, 1.82) is 0 Å². The molecule has 0 saturated carbocycles. The Balaban J connectivity index is 2.33. The van der Waals surface area contributed by atoms with Gasteiger partial charge in [-0.25, -0.2) is 0 Å².